The molecule has 0 atom stereocenters. The second-order valence-corrected chi connectivity index (χ2v) is 3.98. The molecule has 0 spiro atoms. The molecular weight excluding hydrogens is 204 g/mol. The Bertz CT molecular complexity index is 464. The summed E-state index contributed by atoms with van der Waals surface area (Å²) in [7, 11) is 0. The van der Waals surface area contributed by atoms with Gasteiger partial charge in [-0.05, 0) is 38.3 Å². The summed E-state index contributed by atoms with van der Waals surface area (Å²) in [5, 5.41) is 0. The lowest BCUT2D eigenvalue weighted by molar-refractivity contribution is 1.03. The van der Waals surface area contributed by atoms with E-state index in [2.05, 4.69) is 68.2 Å². The molecule has 1 aromatic rings. The fourth-order valence-electron chi connectivity index (χ4n) is 1.63. The van der Waals surface area contributed by atoms with Crippen molar-refractivity contribution in [2.75, 3.05) is 0 Å². The molecule has 0 heteroatoms. The lowest BCUT2D eigenvalue weighted by atomic mass is 10.1. The molecule has 0 unspecified atom stereocenters. The SMILES string of the molecule is CC#CCCC(/C=C\c1ccccc1C)=C/C. The molecule has 0 nitrogen and oxygen atoms in total. The lowest BCUT2D eigenvalue weighted by Gasteiger charge is -2.00. The molecule has 88 valence electrons. The van der Waals surface area contributed by atoms with Crippen LogP contribution in [-0.2, 0) is 0 Å². The summed E-state index contributed by atoms with van der Waals surface area (Å²) in [5.41, 5.74) is 3.94. The number of rotatable bonds is 4. The van der Waals surface area contributed by atoms with E-state index in [1.165, 1.54) is 16.7 Å². The van der Waals surface area contributed by atoms with Gasteiger partial charge in [-0.3, -0.25) is 0 Å². The number of allylic oxidation sites excluding steroid dienone is 3. The van der Waals surface area contributed by atoms with Crippen molar-refractivity contribution in [3.8, 4) is 11.8 Å². The summed E-state index contributed by atoms with van der Waals surface area (Å²) >= 11 is 0. The second-order valence-electron chi connectivity index (χ2n) is 3.98. The highest BCUT2D eigenvalue weighted by molar-refractivity contribution is 5.56. The van der Waals surface area contributed by atoms with Gasteiger partial charge in [-0.15, -0.1) is 11.8 Å². The van der Waals surface area contributed by atoms with Crippen molar-refractivity contribution in [1.82, 2.24) is 0 Å². The Morgan fingerprint density at radius 2 is 2.06 bits per heavy atom. The molecule has 0 aliphatic rings. The maximum Gasteiger partial charge on any atom is 0.0129 e. The normalized spacial score (nSPS) is 11.4. The van der Waals surface area contributed by atoms with E-state index >= 15 is 0 Å². The Morgan fingerprint density at radius 3 is 2.71 bits per heavy atom. The largest absolute Gasteiger partial charge is 0.107 e. The summed E-state index contributed by atoms with van der Waals surface area (Å²) in [4.78, 5) is 0. The number of hydrogen-bond donors (Lipinski definition) is 0. The monoisotopic (exact) mass is 224 g/mol. The van der Waals surface area contributed by atoms with E-state index in [1.54, 1.807) is 0 Å². The van der Waals surface area contributed by atoms with Gasteiger partial charge in [-0.2, -0.15) is 0 Å². The summed E-state index contributed by atoms with van der Waals surface area (Å²) in [6.07, 6.45) is 8.50. The zero-order chi connectivity index (χ0) is 12.5. The smallest absolute Gasteiger partial charge is 0.0129 e. The molecule has 1 aromatic carbocycles. The molecule has 0 saturated carbocycles. The van der Waals surface area contributed by atoms with E-state index in [0.717, 1.165) is 12.8 Å². The minimum atomic E-state index is 0.939. The topological polar surface area (TPSA) is 0 Å². The summed E-state index contributed by atoms with van der Waals surface area (Å²) in [6.45, 7) is 6.10. The Labute approximate surface area is 105 Å². The molecule has 0 fully saturated rings. The number of hydrogen-bond acceptors (Lipinski definition) is 0. The van der Waals surface area contributed by atoms with Crippen LogP contribution in [-0.4, -0.2) is 0 Å². The van der Waals surface area contributed by atoms with Crippen LogP contribution < -0.4 is 0 Å². The Morgan fingerprint density at radius 1 is 1.29 bits per heavy atom. The van der Waals surface area contributed by atoms with Gasteiger partial charge in [0.25, 0.3) is 0 Å². The third kappa shape index (κ3) is 4.74. The second kappa shape index (κ2) is 7.52. The van der Waals surface area contributed by atoms with Gasteiger partial charge < -0.3 is 0 Å². The van der Waals surface area contributed by atoms with E-state index in [1.807, 2.05) is 6.92 Å². The van der Waals surface area contributed by atoms with Crippen LogP contribution in [0.15, 0.2) is 42.0 Å². The Kier molecular flexibility index (Phi) is 5.89. The molecule has 0 saturated heterocycles. The van der Waals surface area contributed by atoms with Crippen molar-refractivity contribution in [2.45, 2.75) is 33.6 Å². The van der Waals surface area contributed by atoms with Crippen LogP contribution in [0.5, 0.6) is 0 Å². The number of aryl methyl sites for hydroxylation is 1. The maximum atomic E-state index is 3.10. The summed E-state index contributed by atoms with van der Waals surface area (Å²) in [6, 6.07) is 8.42. The molecule has 0 aromatic heterocycles. The van der Waals surface area contributed by atoms with Crippen molar-refractivity contribution >= 4 is 6.08 Å². The first-order valence-electron chi connectivity index (χ1n) is 6.06. The fourth-order valence-corrected chi connectivity index (χ4v) is 1.63. The molecule has 17 heavy (non-hydrogen) atoms. The molecule has 0 heterocycles. The van der Waals surface area contributed by atoms with Crippen molar-refractivity contribution in [2.24, 2.45) is 0 Å². The third-order valence-corrected chi connectivity index (χ3v) is 2.75. The van der Waals surface area contributed by atoms with Gasteiger partial charge in [0, 0.05) is 6.42 Å². The first kappa shape index (κ1) is 13.3. The lowest BCUT2D eigenvalue weighted by Crippen LogP contribution is -1.81. The highest BCUT2D eigenvalue weighted by Gasteiger charge is 1.93. The molecule has 0 aliphatic heterocycles. The van der Waals surface area contributed by atoms with Gasteiger partial charge >= 0.3 is 0 Å². The van der Waals surface area contributed by atoms with E-state index in [4.69, 9.17) is 0 Å². The van der Waals surface area contributed by atoms with Crippen molar-refractivity contribution in [3.63, 3.8) is 0 Å². The van der Waals surface area contributed by atoms with Crippen LogP contribution in [0.2, 0.25) is 0 Å². The summed E-state index contributed by atoms with van der Waals surface area (Å²) in [5.74, 6) is 6.03. The number of benzene rings is 1. The highest BCUT2D eigenvalue weighted by atomic mass is 14.0. The van der Waals surface area contributed by atoms with Gasteiger partial charge in [0.15, 0.2) is 0 Å². The minimum Gasteiger partial charge on any atom is -0.107 e. The first-order chi connectivity index (χ1) is 8.27. The molecule has 0 aliphatic carbocycles. The third-order valence-electron chi connectivity index (χ3n) is 2.75. The Balaban J connectivity index is 2.68. The van der Waals surface area contributed by atoms with Crippen molar-refractivity contribution in [3.05, 3.63) is 53.1 Å². The van der Waals surface area contributed by atoms with E-state index in [9.17, 15) is 0 Å². The quantitative estimate of drug-likeness (QED) is 0.511. The van der Waals surface area contributed by atoms with Crippen molar-refractivity contribution in [1.29, 1.82) is 0 Å². The van der Waals surface area contributed by atoms with Crippen molar-refractivity contribution < 1.29 is 0 Å². The Hall–Kier alpha value is -1.74. The van der Waals surface area contributed by atoms with Crippen LogP contribution in [0, 0.1) is 18.8 Å². The zero-order valence-electron chi connectivity index (χ0n) is 11.0. The van der Waals surface area contributed by atoms with Crippen LogP contribution in [0.3, 0.4) is 0 Å². The van der Waals surface area contributed by atoms with Crippen LogP contribution in [0.4, 0.5) is 0 Å². The van der Waals surface area contributed by atoms with E-state index in [0.29, 0.717) is 0 Å². The van der Waals surface area contributed by atoms with Crippen LogP contribution in [0.25, 0.3) is 6.08 Å². The molecule has 0 bridgehead atoms. The molecular formula is C17H20. The molecule has 1 rings (SSSR count). The summed E-state index contributed by atoms with van der Waals surface area (Å²) < 4.78 is 0. The minimum absolute atomic E-state index is 0.939. The van der Waals surface area contributed by atoms with Gasteiger partial charge in [-0.1, -0.05) is 48.1 Å². The van der Waals surface area contributed by atoms with Crippen LogP contribution in [0.1, 0.15) is 37.8 Å². The van der Waals surface area contributed by atoms with Gasteiger partial charge in [-0.25, -0.2) is 0 Å². The van der Waals surface area contributed by atoms with Gasteiger partial charge in [0.05, 0.1) is 0 Å². The standard InChI is InChI=1S/C17H20/c1-4-6-7-11-16(5-2)13-14-17-12-9-8-10-15(17)3/h5,8-10,12-14H,7,11H2,1-3H3/b14-13-,16-5-. The highest BCUT2D eigenvalue weighted by Crippen LogP contribution is 2.13. The van der Waals surface area contributed by atoms with Gasteiger partial charge in [0.2, 0.25) is 0 Å². The molecule has 0 radical (unpaired) electrons. The van der Waals surface area contributed by atoms with Crippen LogP contribution >= 0.6 is 0 Å². The van der Waals surface area contributed by atoms with E-state index in [-0.39, 0.29) is 0 Å². The average molecular weight is 224 g/mol. The average Bonchev–Trinajstić information content (AvgIpc) is 2.35. The van der Waals surface area contributed by atoms with Gasteiger partial charge in [0.1, 0.15) is 0 Å². The zero-order valence-corrected chi connectivity index (χ0v) is 11.0. The fraction of sp³-hybridized carbons (Fsp3) is 0.294. The molecule has 0 amide bonds. The first-order valence-corrected chi connectivity index (χ1v) is 6.06. The van der Waals surface area contributed by atoms with E-state index < -0.39 is 0 Å². The predicted molar refractivity (Wildman–Crippen MR) is 76.7 cm³/mol. The maximum absolute atomic E-state index is 3.10. The predicted octanol–water partition coefficient (Wildman–Crippen LogP) is 4.76. The molecule has 0 N–H and O–H groups in total.